The fourth-order valence-corrected chi connectivity index (χ4v) is 1.25. The smallest absolute Gasteiger partial charge is 0.0661 e. The standard InChI is InChI=1S/C4H10O2S2/c1-3(6)4(2-5)8-7/h3-7H,2H2,1H3. The molecule has 50 valence electrons. The molecule has 0 aromatic heterocycles. The number of aliphatic hydroxyl groups excluding tert-OH is 2. The van der Waals surface area contributed by atoms with E-state index in [1.807, 2.05) is 0 Å². The third-order valence-electron chi connectivity index (χ3n) is 0.853. The topological polar surface area (TPSA) is 40.5 Å². The number of thiol groups is 1. The summed E-state index contributed by atoms with van der Waals surface area (Å²) in [5, 5.41) is 17.1. The molecule has 0 heterocycles. The summed E-state index contributed by atoms with van der Waals surface area (Å²) < 4.78 is 0. The highest BCUT2D eigenvalue weighted by atomic mass is 33.1. The van der Waals surface area contributed by atoms with Gasteiger partial charge in [0.2, 0.25) is 0 Å². The number of rotatable bonds is 3. The van der Waals surface area contributed by atoms with Crippen molar-refractivity contribution in [3.63, 3.8) is 0 Å². The van der Waals surface area contributed by atoms with Gasteiger partial charge in [-0.3, -0.25) is 0 Å². The van der Waals surface area contributed by atoms with Crippen LogP contribution in [0.3, 0.4) is 0 Å². The van der Waals surface area contributed by atoms with Crippen molar-refractivity contribution in [1.29, 1.82) is 0 Å². The van der Waals surface area contributed by atoms with E-state index in [0.29, 0.717) is 0 Å². The molecule has 0 rings (SSSR count). The first-order chi connectivity index (χ1) is 3.72. The maximum Gasteiger partial charge on any atom is 0.0661 e. The van der Waals surface area contributed by atoms with E-state index in [1.165, 1.54) is 10.8 Å². The summed E-state index contributed by atoms with van der Waals surface area (Å²) in [5.74, 6) is 0. The van der Waals surface area contributed by atoms with Gasteiger partial charge in [-0.05, 0) is 6.92 Å². The molecule has 0 aliphatic carbocycles. The lowest BCUT2D eigenvalue weighted by atomic mass is 10.3. The molecular weight excluding hydrogens is 144 g/mol. The van der Waals surface area contributed by atoms with Gasteiger partial charge in [-0.25, -0.2) is 0 Å². The SMILES string of the molecule is CC(O)C(CO)SS. The van der Waals surface area contributed by atoms with Crippen LogP contribution in [-0.2, 0) is 0 Å². The quantitative estimate of drug-likeness (QED) is 0.405. The zero-order chi connectivity index (χ0) is 6.57. The molecular formula is C4H10O2S2. The lowest BCUT2D eigenvalue weighted by Crippen LogP contribution is -2.21. The third kappa shape index (κ3) is 2.81. The Morgan fingerprint density at radius 1 is 1.75 bits per heavy atom. The molecule has 0 radical (unpaired) electrons. The maximum absolute atomic E-state index is 8.78. The van der Waals surface area contributed by atoms with Gasteiger partial charge in [0.25, 0.3) is 0 Å². The van der Waals surface area contributed by atoms with Crippen molar-refractivity contribution in [1.82, 2.24) is 0 Å². The lowest BCUT2D eigenvalue weighted by molar-refractivity contribution is 0.157. The molecule has 0 amide bonds. The van der Waals surface area contributed by atoms with Crippen LogP contribution in [0.2, 0.25) is 0 Å². The van der Waals surface area contributed by atoms with E-state index >= 15 is 0 Å². The van der Waals surface area contributed by atoms with E-state index in [-0.39, 0.29) is 11.9 Å². The highest BCUT2D eigenvalue weighted by Gasteiger charge is 2.11. The van der Waals surface area contributed by atoms with Crippen molar-refractivity contribution in [2.45, 2.75) is 18.3 Å². The number of aliphatic hydroxyl groups is 2. The summed E-state index contributed by atoms with van der Waals surface area (Å²) >= 11 is 3.83. The molecule has 0 saturated heterocycles. The van der Waals surface area contributed by atoms with Crippen molar-refractivity contribution < 1.29 is 10.2 Å². The van der Waals surface area contributed by atoms with Gasteiger partial charge >= 0.3 is 0 Å². The van der Waals surface area contributed by atoms with Crippen molar-refractivity contribution in [2.24, 2.45) is 0 Å². The normalized spacial score (nSPS) is 18.0. The van der Waals surface area contributed by atoms with Crippen LogP contribution >= 0.6 is 22.5 Å². The van der Waals surface area contributed by atoms with Gasteiger partial charge in [-0.1, -0.05) is 10.8 Å². The Morgan fingerprint density at radius 3 is 2.25 bits per heavy atom. The molecule has 2 N–H and O–H groups in total. The molecule has 0 aromatic carbocycles. The van der Waals surface area contributed by atoms with Crippen LogP contribution in [0, 0.1) is 0 Å². The van der Waals surface area contributed by atoms with E-state index in [1.54, 1.807) is 6.92 Å². The largest absolute Gasteiger partial charge is 0.395 e. The predicted molar refractivity (Wildman–Crippen MR) is 39.1 cm³/mol. The third-order valence-corrected chi connectivity index (χ3v) is 2.48. The second kappa shape index (κ2) is 4.49. The van der Waals surface area contributed by atoms with Crippen LogP contribution < -0.4 is 0 Å². The molecule has 4 heteroatoms. The Hall–Kier alpha value is 0.620. The number of hydrogen-bond acceptors (Lipinski definition) is 4. The van der Waals surface area contributed by atoms with Crippen LogP contribution in [0.1, 0.15) is 6.92 Å². The molecule has 0 spiro atoms. The first kappa shape index (κ1) is 8.62. The predicted octanol–water partition coefficient (Wildman–Crippen LogP) is 0.306. The Morgan fingerprint density at radius 2 is 2.25 bits per heavy atom. The summed E-state index contributed by atoms with van der Waals surface area (Å²) in [5.41, 5.74) is 0. The van der Waals surface area contributed by atoms with Gasteiger partial charge in [0, 0.05) is 0 Å². The van der Waals surface area contributed by atoms with E-state index in [0.717, 1.165) is 0 Å². The summed E-state index contributed by atoms with van der Waals surface area (Å²) in [6, 6.07) is 0. The van der Waals surface area contributed by atoms with Crippen LogP contribution in [0.15, 0.2) is 0 Å². The van der Waals surface area contributed by atoms with Crippen LogP contribution in [0.4, 0.5) is 0 Å². The minimum Gasteiger partial charge on any atom is -0.395 e. The number of hydrogen-bond donors (Lipinski definition) is 3. The molecule has 2 atom stereocenters. The van der Waals surface area contributed by atoms with E-state index in [4.69, 9.17) is 10.2 Å². The minimum absolute atomic E-state index is 0.0220. The van der Waals surface area contributed by atoms with Crippen LogP contribution in [0.5, 0.6) is 0 Å². The molecule has 0 aliphatic heterocycles. The molecule has 0 fully saturated rings. The molecule has 0 bridgehead atoms. The summed E-state index contributed by atoms with van der Waals surface area (Å²) in [4.78, 5) is 0. The van der Waals surface area contributed by atoms with E-state index in [2.05, 4.69) is 11.7 Å². The molecule has 8 heavy (non-hydrogen) atoms. The Bertz CT molecular complexity index is 54.0. The molecule has 0 saturated carbocycles. The summed E-state index contributed by atoms with van der Waals surface area (Å²) in [7, 11) is 1.17. The van der Waals surface area contributed by atoms with Crippen LogP contribution in [-0.4, -0.2) is 28.2 Å². The fraction of sp³-hybridized carbons (Fsp3) is 1.00. The highest BCUT2D eigenvalue weighted by molar-refractivity contribution is 8.68. The minimum atomic E-state index is -0.484. The van der Waals surface area contributed by atoms with Crippen molar-refractivity contribution in [3.05, 3.63) is 0 Å². The molecule has 2 nitrogen and oxygen atoms in total. The zero-order valence-corrected chi connectivity index (χ0v) is 6.32. The van der Waals surface area contributed by atoms with Gasteiger partial charge < -0.3 is 10.2 Å². The van der Waals surface area contributed by atoms with Gasteiger partial charge in [0.05, 0.1) is 18.0 Å². The second-order valence-corrected chi connectivity index (χ2v) is 3.02. The van der Waals surface area contributed by atoms with Crippen molar-refractivity contribution in [2.75, 3.05) is 6.61 Å². The maximum atomic E-state index is 8.78. The first-order valence-corrected chi connectivity index (χ1v) is 4.24. The van der Waals surface area contributed by atoms with Crippen molar-refractivity contribution >= 4 is 22.5 Å². The first-order valence-electron chi connectivity index (χ1n) is 2.31. The van der Waals surface area contributed by atoms with Gasteiger partial charge in [0.15, 0.2) is 0 Å². The summed E-state index contributed by atoms with van der Waals surface area (Å²) in [6.07, 6.45) is -0.484. The monoisotopic (exact) mass is 154 g/mol. The summed E-state index contributed by atoms with van der Waals surface area (Å²) in [6.45, 7) is 1.61. The van der Waals surface area contributed by atoms with Gasteiger partial charge in [-0.2, -0.15) is 0 Å². The van der Waals surface area contributed by atoms with Gasteiger partial charge in [0.1, 0.15) is 0 Å². The second-order valence-electron chi connectivity index (χ2n) is 1.57. The Balaban J connectivity index is 3.35. The average molecular weight is 154 g/mol. The highest BCUT2D eigenvalue weighted by Crippen LogP contribution is 2.17. The van der Waals surface area contributed by atoms with E-state index < -0.39 is 6.10 Å². The zero-order valence-electron chi connectivity index (χ0n) is 4.61. The lowest BCUT2D eigenvalue weighted by Gasteiger charge is -2.11. The molecule has 2 unspecified atom stereocenters. The molecule has 0 aromatic rings. The van der Waals surface area contributed by atoms with Crippen LogP contribution in [0.25, 0.3) is 0 Å². The Labute approximate surface area is 58.1 Å². The fourth-order valence-electron chi connectivity index (χ4n) is 0.274. The Kier molecular flexibility index (Phi) is 4.84. The molecule has 0 aliphatic rings. The van der Waals surface area contributed by atoms with Gasteiger partial charge in [-0.15, -0.1) is 11.7 Å². The van der Waals surface area contributed by atoms with E-state index in [9.17, 15) is 0 Å². The average Bonchev–Trinajstić information content (AvgIpc) is 1.69. The van der Waals surface area contributed by atoms with Crippen molar-refractivity contribution in [3.8, 4) is 0 Å².